The number of hydrogen-bond acceptors (Lipinski definition) is 5. The van der Waals surface area contributed by atoms with Gasteiger partial charge in [-0.15, -0.1) is 5.10 Å². The van der Waals surface area contributed by atoms with Gasteiger partial charge in [-0.25, -0.2) is 9.97 Å². The van der Waals surface area contributed by atoms with Gasteiger partial charge in [0, 0.05) is 17.8 Å². The van der Waals surface area contributed by atoms with Crippen LogP contribution in [0.3, 0.4) is 0 Å². The van der Waals surface area contributed by atoms with Crippen molar-refractivity contribution in [2.24, 2.45) is 0 Å². The lowest BCUT2D eigenvalue weighted by atomic mass is 10.0. The van der Waals surface area contributed by atoms with E-state index >= 15 is 0 Å². The maximum atomic E-state index is 4.35. The molecule has 3 aromatic heterocycles. The lowest BCUT2D eigenvalue weighted by Crippen LogP contribution is -1.99. The predicted molar refractivity (Wildman–Crippen MR) is 82.5 cm³/mol. The van der Waals surface area contributed by atoms with Crippen LogP contribution in [0.2, 0.25) is 0 Å². The van der Waals surface area contributed by atoms with E-state index < -0.39 is 0 Å². The number of aromatic nitrogens is 5. The molecule has 0 radical (unpaired) electrons. The first-order valence-electron chi connectivity index (χ1n) is 6.48. The highest BCUT2D eigenvalue weighted by atomic mass is 32.1. The van der Waals surface area contributed by atoms with Crippen LogP contribution < -0.4 is 0 Å². The van der Waals surface area contributed by atoms with Crippen molar-refractivity contribution in [3.63, 3.8) is 0 Å². The van der Waals surface area contributed by atoms with Crippen molar-refractivity contribution in [2.75, 3.05) is 0 Å². The Morgan fingerprint density at radius 3 is 2.81 bits per heavy atom. The van der Waals surface area contributed by atoms with E-state index in [-0.39, 0.29) is 0 Å². The summed E-state index contributed by atoms with van der Waals surface area (Å²) in [7, 11) is 0. The second-order valence-corrected chi connectivity index (χ2v) is 5.45. The van der Waals surface area contributed by atoms with Crippen molar-refractivity contribution >= 4 is 22.4 Å². The monoisotopic (exact) mass is 293 g/mol. The number of hydrogen-bond donors (Lipinski definition) is 0. The second kappa shape index (κ2) is 4.75. The van der Waals surface area contributed by atoms with E-state index in [0.29, 0.717) is 5.82 Å². The van der Waals surface area contributed by atoms with Gasteiger partial charge in [0.15, 0.2) is 5.82 Å². The molecule has 0 aliphatic heterocycles. The van der Waals surface area contributed by atoms with Crippen LogP contribution in [0, 0.1) is 6.92 Å². The van der Waals surface area contributed by atoms with Crippen LogP contribution in [-0.2, 0) is 0 Å². The molecule has 4 aromatic rings. The molecule has 21 heavy (non-hydrogen) atoms. The van der Waals surface area contributed by atoms with Gasteiger partial charge in [0.1, 0.15) is 11.8 Å². The lowest BCUT2D eigenvalue weighted by molar-refractivity contribution is 0.797. The van der Waals surface area contributed by atoms with Crippen LogP contribution in [0.5, 0.6) is 0 Å². The molecular weight excluding hydrogens is 282 g/mol. The van der Waals surface area contributed by atoms with Gasteiger partial charge >= 0.3 is 0 Å². The van der Waals surface area contributed by atoms with Crippen LogP contribution in [0.25, 0.3) is 28.0 Å². The van der Waals surface area contributed by atoms with E-state index in [1.54, 1.807) is 22.2 Å². The zero-order chi connectivity index (χ0) is 14.2. The van der Waals surface area contributed by atoms with Gasteiger partial charge in [0.25, 0.3) is 0 Å². The minimum atomic E-state index is 0.715. The Kier molecular flexibility index (Phi) is 2.75. The molecule has 0 unspecified atom stereocenters. The molecule has 0 atom stereocenters. The van der Waals surface area contributed by atoms with Crippen molar-refractivity contribution in [1.82, 2.24) is 25.0 Å². The van der Waals surface area contributed by atoms with E-state index in [2.05, 4.69) is 44.0 Å². The zero-order valence-corrected chi connectivity index (χ0v) is 12.1. The third kappa shape index (κ3) is 1.92. The average Bonchev–Trinajstić information content (AvgIpc) is 3.14. The molecule has 0 fully saturated rings. The maximum absolute atomic E-state index is 4.35. The highest BCUT2D eigenvalue weighted by Gasteiger charge is 2.13. The van der Waals surface area contributed by atoms with E-state index in [1.807, 2.05) is 18.2 Å². The van der Waals surface area contributed by atoms with E-state index in [4.69, 9.17) is 0 Å². The Bertz CT molecular complexity index is 910. The van der Waals surface area contributed by atoms with Gasteiger partial charge in [-0.05, 0) is 34.9 Å². The number of fused-ring (bicyclic) bond motifs is 1. The summed E-state index contributed by atoms with van der Waals surface area (Å²) in [6.45, 7) is 2.11. The fraction of sp³-hybridized carbons (Fsp3) is 0.0667. The molecule has 0 amide bonds. The molecule has 3 heterocycles. The van der Waals surface area contributed by atoms with Crippen molar-refractivity contribution < 1.29 is 0 Å². The quantitative estimate of drug-likeness (QED) is 0.569. The second-order valence-electron chi connectivity index (χ2n) is 4.71. The number of thiophene rings is 1. The fourth-order valence-corrected chi connectivity index (χ4v) is 3.23. The Balaban J connectivity index is 1.98. The number of nitrogens with zero attached hydrogens (tertiary/aromatic N) is 5. The number of aryl methyl sites for hydroxylation is 1. The molecule has 1 aromatic carbocycles. The first-order valence-corrected chi connectivity index (χ1v) is 7.43. The Hall–Kier alpha value is -2.60. The molecule has 0 spiro atoms. The highest BCUT2D eigenvalue weighted by molar-refractivity contribution is 7.08. The summed E-state index contributed by atoms with van der Waals surface area (Å²) in [5.41, 5.74) is 5.39. The number of benzene rings is 1. The first-order chi connectivity index (χ1) is 10.3. The van der Waals surface area contributed by atoms with E-state index in [0.717, 1.165) is 16.6 Å². The van der Waals surface area contributed by atoms with Gasteiger partial charge < -0.3 is 0 Å². The van der Waals surface area contributed by atoms with Crippen molar-refractivity contribution in [3.05, 3.63) is 53.1 Å². The normalized spacial score (nSPS) is 11.1. The summed E-state index contributed by atoms with van der Waals surface area (Å²) in [6.07, 6.45) is 3.21. The largest absolute Gasteiger partial charge is 0.245 e. The minimum absolute atomic E-state index is 0.715. The molecule has 5 nitrogen and oxygen atoms in total. The lowest BCUT2D eigenvalue weighted by Gasteiger charge is -2.03. The van der Waals surface area contributed by atoms with Crippen LogP contribution in [0.1, 0.15) is 5.56 Å². The summed E-state index contributed by atoms with van der Waals surface area (Å²) in [4.78, 5) is 8.17. The van der Waals surface area contributed by atoms with Crippen LogP contribution in [0.4, 0.5) is 0 Å². The highest BCUT2D eigenvalue weighted by Crippen LogP contribution is 2.32. The topological polar surface area (TPSA) is 56.5 Å². The summed E-state index contributed by atoms with van der Waals surface area (Å²) in [5.74, 6) is 0.715. The van der Waals surface area contributed by atoms with Crippen LogP contribution in [-0.4, -0.2) is 25.0 Å². The molecule has 6 heteroatoms. The number of rotatable bonds is 2. The summed E-state index contributed by atoms with van der Waals surface area (Å²) < 4.78 is 1.74. The van der Waals surface area contributed by atoms with Crippen molar-refractivity contribution in [1.29, 1.82) is 0 Å². The molecule has 0 saturated heterocycles. The van der Waals surface area contributed by atoms with Gasteiger partial charge in [-0.1, -0.05) is 17.3 Å². The molecular formula is C15H11N5S. The smallest absolute Gasteiger partial charge is 0.159 e. The molecule has 0 aliphatic carbocycles. The van der Waals surface area contributed by atoms with E-state index in [9.17, 15) is 0 Å². The first kappa shape index (κ1) is 12.2. The Morgan fingerprint density at radius 2 is 2.05 bits per heavy atom. The predicted octanol–water partition coefficient (Wildman–Crippen LogP) is 3.25. The van der Waals surface area contributed by atoms with Gasteiger partial charge in [-0.2, -0.15) is 16.0 Å². The van der Waals surface area contributed by atoms with Crippen LogP contribution in [0.15, 0.2) is 47.5 Å². The fourth-order valence-electron chi connectivity index (χ4n) is 2.38. The molecule has 102 valence electrons. The molecule has 0 bridgehead atoms. The third-order valence-electron chi connectivity index (χ3n) is 3.41. The van der Waals surface area contributed by atoms with E-state index in [1.165, 1.54) is 17.5 Å². The molecule has 0 N–H and O–H groups in total. The standard InChI is InChI=1S/C15H11N5S/c1-10-7-21-8-12(10)11-3-2-4-13-15(11)18-19-20(13)14-5-6-16-9-17-14/h2-9H,1H3. The third-order valence-corrected chi connectivity index (χ3v) is 4.27. The zero-order valence-electron chi connectivity index (χ0n) is 11.3. The average molecular weight is 293 g/mol. The maximum Gasteiger partial charge on any atom is 0.159 e. The molecule has 0 saturated carbocycles. The van der Waals surface area contributed by atoms with Gasteiger partial charge in [-0.3, -0.25) is 0 Å². The SMILES string of the molecule is Cc1cscc1-c1cccc2c1nnn2-c1ccncn1. The molecule has 0 aliphatic rings. The molecule has 4 rings (SSSR count). The van der Waals surface area contributed by atoms with Crippen molar-refractivity contribution in [3.8, 4) is 16.9 Å². The van der Waals surface area contributed by atoms with Gasteiger partial charge in [0.05, 0.1) is 5.52 Å². The minimum Gasteiger partial charge on any atom is -0.245 e. The summed E-state index contributed by atoms with van der Waals surface area (Å²) in [5, 5.41) is 12.9. The Labute approximate surface area is 124 Å². The van der Waals surface area contributed by atoms with Gasteiger partial charge in [0.2, 0.25) is 0 Å². The Morgan fingerprint density at radius 1 is 1.10 bits per heavy atom. The van der Waals surface area contributed by atoms with Crippen molar-refractivity contribution in [2.45, 2.75) is 6.92 Å². The summed E-state index contributed by atoms with van der Waals surface area (Å²) in [6, 6.07) is 7.92. The summed E-state index contributed by atoms with van der Waals surface area (Å²) >= 11 is 1.70. The van der Waals surface area contributed by atoms with Crippen LogP contribution >= 0.6 is 11.3 Å².